The Bertz CT molecular complexity index is 934. The molecule has 140 valence electrons. The summed E-state index contributed by atoms with van der Waals surface area (Å²) in [6, 6.07) is 10.2. The first-order valence-corrected chi connectivity index (χ1v) is 9.74. The number of amides is 1. The van der Waals surface area contributed by atoms with E-state index in [0.717, 1.165) is 8.04 Å². The van der Waals surface area contributed by atoms with Crippen LogP contribution in [0, 0.1) is 3.57 Å². The van der Waals surface area contributed by atoms with Crippen LogP contribution in [0.5, 0.6) is 5.75 Å². The van der Waals surface area contributed by atoms with Crippen LogP contribution in [0.3, 0.4) is 0 Å². The summed E-state index contributed by atoms with van der Waals surface area (Å²) in [6.45, 7) is 0. The highest BCUT2D eigenvalue weighted by atomic mass is 127. The average molecular weight is 561 g/mol. The van der Waals surface area contributed by atoms with Crippen LogP contribution in [0.4, 0.5) is 5.69 Å². The molecule has 2 aromatic carbocycles. The van der Waals surface area contributed by atoms with E-state index in [9.17, 15) is 14.7 Å². The molecule has 0 unspecified atom stereocenters. The van der Waals surface area contributed by atoms with E-state index in [-0.39, 0.29) is 10.7 Å². The Morgan fingerprint density at radius 3 is 2.67 bits per heavy atom. The maximum absolute atomic E-state index is 12.1. The molecular formula is C18H14BrIN2O4S. The highest BCUT2D eigenvalue weighted by Crippen LogP contribution is 2.24. The molecular weight excluding hydrogens is 547 g/mol. The van der Waals surface area contributed by atoms with E-state index in [1.54, 1.807) is 31.4 Å². The number of anilines is 1. The largest absolute Gasteiger partial charge is 0.496 e. The number of hydrogen-bond donors (Lipinski definition) is 3. The van der Waals surface area contributed by atoms with Gasteiger partial charge in [-0.1, -0.05) is 15.9 Å². The van der Waals surface area contributed by atoms with Crippen LogP contribution in [-0.2, 0) is 4.79 Å². The Morgan fingerprint density at radius 1 is 1.26 bits per heavy atom. The van der Waals surface area contributed by atoms with Gasteiger partial charge in [-0.15, -0.1) is 0 Å². The molecule has 0 radical (unpaired) electrons. The minimum atomic E-state index is -1.09. The number of rotatable bonds is 5. The topological polar surface area (TPSA) is 87.7 Å². The molecule has 27 heavy (non-hydrogen) atoms. The van der Waals surface area contributed by atoms with E-state index in [1.807, 2.05) is 34.7 Å². The van der Waals surface area contributed by atoms with Crippen LogP contribution in [0.15, 0.2) is 46.9 Å². The van der Waals surface area contributed by atoms with E-state index >= 15 is 0 Å². The second-order valence-corrected chi connectivity index (χ2v) is 7.73. The van der Waals surface area contributed by atoms with Gasteiger partial charge in [0.15, 0.2) is 5.11 Å². The lowest BCUT2D eigenvalue weighted by Crippen LogP contribution is -2.33. The van der Waals surface area contributed by atoms with E-state index in [4.69, 9.17) is 17.0 Å². The standard InChI is InChI=1S/C18H14BrIN2O4S/c1-26-15-6-3-11(19)8-10(15)2-7-16(23)22-18(27)21-14-5-4-12(20)9-13(14)17(24)25/h2-9H,1H3,(H,24,25)(H2,21,22,23,27)/b7-2+. The van der Waals surface area contributed by atoms with Gasteiger partial charge in [0, 0.05) is 19.7 Å². The molecule has 0 aliphatic heterocycles. The molecule has 0 bridgehead atoms. The quantitative estimate of drug-likeness (QED) is 0.287. The van der Waals surface area contributed by atoms with Crippen molar-refractivity contribution in [2.45, 2.75) is 0 Å². The van der Waals surface area contributed by atoms with Crippen LogP contribution in [0.1, 0.15) is 15.9 Å². The molecule has 0 aliphatic carbocycles. The Morgan fingerprint density at radius 2 is 2.00 bits per heavy atom. The zero-order valence-electron chi connectivity index (χ0n) is 14.0. The summed E-state index contributed by atoms with van der Waals surface area (Å²) in [5.41, 5.74) is 1.07. The van der Waals surface area contributed by atoms with Gasteiger partial charge in [0.05, 0.1) is 18.4 Å². The lowest BCUT2D eigenvalue weighted by atomic mass is 10.2. The second-order valence-electron chi connectivity index (χ2n) is 5.16. The maximum atomic E-state index is 12.1. The normalized spacial score (nSPS) is 10.5. The van der Waals surface area contributed by atoms with E-state index in [1.165, 1.54) is 12.1 Å². The Balaban J connectivity index is 2.06. The fourth-order valence-electron chi connectivity index (χ4n) is 2.11. The molecule has 3 N–H and O–H groups in total. The Hall–Kier alpha value is -1.98. The van der Waals surface area contributed by atoms with Crippen molar-refractivity contribution in [3.8, 4) is 5.75 Å². The number of halogens is 2. The number of carboxylic acid groups (broad SMARTS) is 1. The molecule has 0 aromatic heterocycles. The number of hydrogen-bond acceptors (Lipinski definition) is 4. The van der Waals surface area contributed by atoms with E-state index < -0.39 is 11.9 Å². The van der Waals surface area contributed by atoms with Gasteiger partial charge >= 0.3 is 5.97 Å². The summed E-state index contributed by atoms with van der Waals surface area (Å²) in [5.74, 6) is -0.934. The van der Waals surface area contributed by atoms with Crippen molar-refractivity contribution in [2.24, 2.45) is 0 Å². The number of thiocarbonyl (C=S) groups is 1. The number of carbonyl (C=O) groups is 2. The number of ether oxygens (including phenoxy) is 1. The highest BCUT2D eigenvalue weighted by molar-refractivity contribution is 14.1. The molecule has 0 atom stereocenters. The first kappa shape index (κ1) is 21.3. The summed E-state index contributed by atoms with van der Waals surface area (Å²) >= 11 is 10.5. The third-order valence-electron chi connectivity index (χ3n) is 3.30. The predicted molar refractivity (Wildman–Crippen MR) is 120 cm³/mol. The van der Waals surface area contributed by atoms with Gasteiger partial charge in [-0.25, -0.2) is 4.79 Å². The van der Waals surface area contributed by atoms with Gasteiger partial charge in [0.25, 0.3) is 0 Å². The molecule has 0 fully saturated rings. The molecule has 6 nitrogen and oxygen atoms in total. The number of benzene rings is 2. The molecule has 1 amide bonds. The zero-order valence-corrected chi connectivity index (χ0v) is 18.5. The van der Waals surface area contributed by atoms with Crippen molar-refractivity contribution in [3.05, 3.63) is 61.6 Å². The zero-order chi connectivity index (χ0) is 20.0. The molecule has 0 saturated heterocycles. The van der Waals surface area contributed by atoms with Gasteiger partial charge in [0.1, 0.15) is 5.75 Å². The van der Waals surface area contributed by atoms with Crippen molar-refractivity contribution >= 4 is 79.5 Å². The molecule has 2 aromatic rings. The summed E-state index contributed by atoms with van der Waals surface area (Å²) in [4.78, 5) is 23.4. The van der Waals surface area contributed by atoms with Gasteiger partial charge in [-0.05, 0) is 77.3 Å². The number of aromatic carboxylic acids is 1. The van der Waals surface area contributed by atoms with E-state index in [2.05, 4.69) is 26.6 Å². The van der Waals surface area contributed by atoms with E-state index in [0.29, 0.717) is 17.0 Å². The Labute approximate surface area is 183 Å². The van der Waals surface area contributed by atoms with Gasteiger partial charge in [-0.2, -0.15) is 0 Å². The number of carbonyl (C=O) groups excluding carboxylic acids is 1. The van der Waals surface area contributed by atoms with Crippen LogP contribution in [0.2, 0.25) is 0 Å². The summed E-state index contributed by atoms with van der Waals surface area (Å²) in [5, 5.41) is 14.5. The van der Waals surface area contributed by atoms with Crippen molar-refractivity contribution in [3.63, 3.8) is 0 Å². The van der Waals surface area contributed by atoms with Gasteiger partial charge < -0.3 is 15.2 Å². The van der Waals surface area contributed by atoms with Crippen molar-refractivity contribution in [1.29, 1.82) is 0 Å². The lowest BCUT2D eigenvalue weighted by molar-refractivity contribution is -0.115. The van der Waals surface area contributed by atoms with Crippen LogP contribution in [0.25, 0.3) is 6.08 Å². The first-order chi connectivity index (χ1) is 12.8. The maximum Gasteiger partial charge on any atom is 0.337 e. The number of carboxylic acids is 1. The molecule has 0 saturated carbocycles. The summed E-state index contributed by atoms with van der Waals surface area (Å²) in [7, 11) is 1.54. The minimum absolute atomic E-state index is 0.00503. The molecule has 0 heterocycles. The molecule has 9 heteroatoms. The lowest BCUT2D eigenvalue weighted by Gasteiger charge is -2.11. The predicted octanol–water partition coefficient (Wildman–Crippen LogP) is 4.29. The van der Waals surface area contributed by atoms with Crippen molar-refractivity contribution in [2.75, 3.05) is 12.4 Å². The third-order valence-corrected chi connectivity index (χ3v) is 4.67. The fourth-order valence-corrected chi connectivity index (χ4v) is 3.19. The van der Waals surface area contributed by atoms with Crippen LogP contribution < -0.4 is 15.4 Å². The molecule has 0 aliphatic rings. The number of methoxy groups -OCH3 is 1. The minimum Gasteiger partial charge on any atom is -0.496 e. The van der Waals surface area contributed by atoms with Gasteiger partial charge in [-0.3, -0.25) is 10.1 Å². The van der Waals surface area contributed by atoms with Gasteiger partial charge in [0.2, 0.25) is 5.91 Å². The second kappa shape index (κ2) is 9.81. The van der Waals surface area contributed by atoms with Crippen molar-refractivity contribution in [1.82, 2.24) is 5.32 Å². The number of nitrogens with one attached hydrogen (secondary N) is 2. The Kier molecular flexibility index (Phi) is 7.75. The monoisotopic (exact) mass is 560 g/mol. The average Bonchev–Trinajstić information content (AvgIpc) is 2.61. The molecule has 2 rings (SSSR count). The third kappa shape index (κ3) is 6.29. The molecule has 0 spiro atoms. The van der Waals surface area contributed by atoms with Crippen LogP contribution >= 0.6 is 50.7 Å². The fraction of sp³-hybridized carbons (Fsp3) is 0.0556. The SMILES string of the molecule is COc1ccc(Br)cc1/C=C/C(=O)NC(=S)Nc1ccc(I)cc1C(=O)O. The highest BCUT2D eigenvalue weighted by Gasteiger charge is 2.12. The smallest absolute Gasteiger partial charge is 0.337 e. The summed E-state index contributed by atoms with van der Waals surface area (Å²) < 4.78 is 6.86. The first-order valence-electron chi connectivity index (χ1n) is 7.46. The van der Waals surface area contributed by atoms with Crippen molar-refractivity contribution < 1.29 is 19.4 Å². The summed E-state index contributed by atoms with van der Waals surface area (Å²) in [6.07, 6.45) is 2.90. The van der Waals surface area contributed by atoms with Crippen LogP contribution in [-0.4, -0.2) is 29.2 Å².